The second-order valence-electron chi connectivity index (χ2n) is 6.37. The van der Waals surface area contributed by atoms with Crippen molar-refractivity contribution >= 4 is 39.8 Å². The Bertz CT molecular complexity index is 1230. The molecular weight excluding hydrogens is 468 g/mol. The summed E-state index contributed by atoms with van der Waals surface area (Å²) in [5.74, 6) is -3.34. The van der Waals surface area contributed by atoms with Gasteiger partial charge in [0.05, 0.1) is 0 Å². The molecule has 0 spiro atoms. The molecule has 3 rings (SSSR count). The molecule has 0 bridgehead atoms. The highest BCUT2D eigenvalue weighted by atomic mass is 79.9. The van der Waals surface area contributed by atoms with Crippen LogP contribution in [0.3, 0.4) is 0 Å². The highest BCUT2D eigenvalue weighted by Gasteiger charge is 2.28. The van der Waals surface area contributed by atoms with Crippen molar-refractivity contribution in [1.29, 1.82) is 0 Å². The van der Waals surface area contributed by atoms with E-state index in [-0.39, 0.29) is 23.5 Å². The molecule has 158 valence electrons. The highest BCUT2D eigenvalue weighted by molar-refractivity contribution is 9.10. The fourth-order valence-corrected chi connectivity index (χ4v) is 3.39. The minimum Gasteiger partial charge on any atom is -0.489 e. The molecule has 5 N–H and O–H groups in total. The van der Waals surface area contributed by atoms with E-state index in [1.54, 1.807) is 18.2 Å². The van der Waals surface area contributed by atoms with Crippen molar-refractivity contribution in [2.45, 2.75) is 0 Å². The number of pyridine rings is 1. The van der Waals surface area contributed by atoms with E-state index in [0.717, 1.165) is 5.56 Å². The summed E-state index contributed by atoms with van der Waals surface area (Å²) in [5.41, 5.74) is 4.17. The van der Waals surface area contributed by atoms with Crippen molar-refractivity contribution < 1.29 is 24.5 Å². The van der Waals surface area contributed by atoms with Crippen LogP contribution in [0.5, 0.6) is 5.75 Å². The number of nitrogens with one attached hydrogen (secondary N) is 1. The quantitative estimate of drug-likeness (QED) is 0.398. The van der Waals surface area contributed by atoms with Gasteiger partial charge in [-0.05, 0) is 29.8 Å². The van der Waals surface area contributed by atoms with Gasteiger partial charge < -0.3 is 25.7 Å². The van der Waals surface area contributed by atoms with Gasteiger partial charge in [0, 0.05) is 15.6 Å². The zero-order valence-corrected chi connectivity index (χ0v) is 17.5. The van der Waals surface area contributed by atoms with Crippen LogP contribution in [-0.2, 0) is 0 Å². The maximum Gasteiger partial charge on any atom is 0.342 e. The van der Waals surface area contributed by atoms with Crippen LogP contribution in [0.15, 0.2) is 63.9 Å². The number of hydrogen-bond acceptors (Lipinski definition) is 5. The molecular formula is C22H17BrN2O6. The summed E-state index contributed by atoms with van der Waals surface area (Å²) in [7, 11) is 0. The number of nitrogen functional groups attached to an aromatic ring is 1. The van der Waals surface area contributed by atoms with Gasteiger partial charge in [-0.3, -0.25) is 4.79 Å². The molecule has 9 heteroatoms. The lowest BCUT2D eigenvalue weighted by molar-refractivity contribution is 0.0695. The van der Waals surface area contributed by atoms with Crippen molar-refractivity contribution in [3.05, 3.63) is 86.1 Å². The van der Waals surface area contributed by atoms with E-state index in [1.807, 2.05) is 36.4 Å². The Morgan fingerprint density at radius 3 is 2.39 bits per heavy atom. The third-order valence-corrected chi connectivity index (χ3v) is 4.82. The fourth-order valence-electron chi connectivity index (χ4n) is 3.03. The van der Waals surface area contributed by atoms with Crippen molar-refractivity contribution in [2.75, 3.05) is 12.3 Å². The lowest BCUT2D eigenvalue weighted by Crippen LogP contribution is -2.24. The van der Waals surface area contributed by atoms with Crippen LogP contribution >= 0.6 is 15.9 Å². The lowest BCUT2D eigenvalue weighted by atomic mass is 9.94. The molecule has 1 aromatic heterocycles. The number of nitrogens with two attached hydrogens (primary N) is 1. The number of carboxylic acids is 2. The third kappa shape index (κ3) is 4.84. The number of rotatable bonds is 7. The van der Waals surface area contributed by atoms with Crippen molar-refractivity contribution in [3.8, 4) is 16.9 Å². The Morgan fingerprint density at radius 2 is 1.74 bits per heavy atom. The molecule has 8 nitrogen and oxygen atoms in total. The number of H-pyrrole nitrogens is 1. The molecule has 0 unspecified atom stereocenters. The van der Waals surface area contributed by atoms with E-state index in [0.29, 0.717) is 4.47 Å². The molecule has 0 fully saturated rings. The van der Waals surface area contributed by atoms with Gasteiger partial charge in [0.2, 0.25) is 0 Å². The number of aromatic amines is 1. The maximum atomic E-state index is 12.3. The first-order chi connectivity index (χ1) is 14.8. The van der Waals surface area contributed by atoms with Gasteiger partial charge in [-0.15, -0.1) is 0 Å². The summed E-state index contributed by atoms with van der Waals surface area (Å²) in [5, 5.41) is 19.2. The Kier molecular flexibility index (Phi) is 6.56. The van der Waals surface area contributed by atoms with Gasteiger partial charge in [0.25, 0.3) is 5.56 Å². The first kappa shape index (κ1) is 21.8. The summed E-state index contributed by atoms with van der Waals surface area (Å²) < 4.78 is 6.30. The Labute approximate surface area is 184 Å². The third-order valence-electron chi connectivity index (χ3n) is 4.33. The monoisotopic (exact) mass is 484 g/mol. The Morgan fingerprint density at radius 1 is 1.06 bits per heavy atom. The molecule has 0 radical (unpaired) electrons. The normalized spacial score (nSPS) is 10.9. The summed E-state index contributed by atoms with van der Waals surface area (Å²) in [6, 6.07) is 14.2. The largest absolute Gasteiger partial charge is 0.489 e. The van der Waals surface area contributed by atoms with Crippen LogP contribution in [-0.4, -0.2) is 33.7 Å². The van der Waals surface area contributed by atoms with Crippen molar-refractivity contribution in [3.63, 3.8) is 0 Å². The van der Waals surface area contributed by atoms with E-state index >= 15 is 0 Å². The molecule has 0 aliphatic heterocycles. The number of ether oxygens (including phenoxy) is 1. The summed E-state index contributed by atoms with van der Waals surface area (Å²) in [6.45, 7) is 0.118. The fraction of sp³-hybridized carbons (Fsp3) is 0.0455. The SMILES string of the molecule is Nc1[nH]c(=O)c(C(=O)O)c(-c2cc(Br)ccc2OCC=Cc2ccccc2)c1C(=O)O. The first-order valence-corrected chi connectivity index (χ1v) is 9.75. The van der Waals surface area contributed by atoms with Gasteiger partial charge in [-0.2, -0.15) is 0 Å². The van der Waals surface area contributed by atoms with E-state index in [9.17, 15) is 24.6 Å². The van der Waals surface area contributed by atoms with Crippen LogP contribution in [0, 0.1) is 0 Å². The molecule has 2 aromatic carbocycles. The smallest absolute Gasteiger partial charge is 0.342 e. The van der Waals surface area contributed by atoms with E-state index < -0.39 is 34.4 Å². The molecule has 3 aromatic rings. The van der Waals surface area contributed by atoms with Crippen LogP contribution in [0.1, 0.15) is 26.3 Å². The molecule has 31 heavy (non-hydrogen) atoms. The number of carbonyl (C=O) groups is 2. The van der Waals surface area contributed by atoms with Gasteiger partial charge in [-0.25, -0.2) is 9.59 Å². The minimum atomic E-state index is -1.59. The molecule has 0 aliphatic carbocycles. The summed E-state index contributed by atoms with van der Waals surface area (Å²) in [4.78, 5) is 38.0. The molecule has 0 saturated heterocycles. The lowest BCUT2D eigenvalue weighted by Gasteiger charge is -2.16. The Balaban J connectivity index is 2.10. The topological polar surface area (TPSA) is 143 Å². The molecule has 0 amide bonds. The molecule has 0 aliphatic rings. The summed E-state index contributed by atoms with van der Waals surface area (Å²) >= 11 is 3.28. The summed E-state index contributed by atoms with van der Waals surface area (Å²) in [6.07, 6.45) is 3.60. The van der Waals surface area contributed by atoms with E-state index in [1.165, 1.54) is 6.07 Å². The first-order valence-electron chi connectivity index (χ1n) is 8.96. The van der Waals surface area contributed by atoms with Gasteiger partial charge in [-0.1, -0.05) is 52.3 Å². The van der Waals surface area contributed by atoms with Crippen molar-refractivity contribution in [2.24, 2.45) is 0 Å². The number of carboxylic acid groups (broad SMARTS) is 2. The van der Waals surface area contributed by atoms with Crippen molar-refractivity contribution in [1.82, 2.24) is 4.98 Å². The minimum absolute atomic E-state index is 0.107. The number of benzene rings is 2. The van der Waals surface area contributed by atoms with Gasteiger partial charge in [0.15, 0.2) is 0 Å². The number of anilines is 1. The number of aromatic carboxylic acids is 2. The average molecular weight is 485 g/mol. The highest BCUT2D eigenvalue weighted by Crippen LogP contribution is 2.37. The van der Waals surface area contributed by atoms with Crippen LogP contribution in [0.4, 0.5) is 5.82 Å². The standard InChI is InChI=1S/C22H17BrN2O6/c23-13-8-9-15(31-10-4-7-12-5-2-1-3-6-12)14(11-13)16-17(21(27)28)19(24)25-20(26)18(16)22(29)30/h1-9,11H,10H2,(H,27,28)(H,29,30)(H3,24,25,26). The molecule has 0 saturated carbocycles. The molecule has 0 atom stereocenters. The van der Waals surface area contributed by atoms with Gasteiger partial charge in [0.1, 0.15) is 29.3 Å². The second kappa shape index (κ2) is 9.31. The van der Waals surface area contributed by atoms with Gasteiger partial charge >= 0.3 is 11.9 Å². The molecule has 1 heterocycles. The Hall–Kier alpha value is -3.85. The zero-order chi connectivity index (χ0) is 22.5. The second-order valence-corrected chi connectivity index (χ2v) is 7.28. The maximum absolute atomic E-state index is 12.3. The number of hydrogen-bond donors (Lipinski definition) is 4. The predicted octanol–water partition coefficient (Wildman–Crippen LogP) is 3.88. The predicted molar refractivity (Wildman–Crippen MR) is 120 cm³/mol. The zero-order valence-electron chi connectivity index (χ0n) is 16.0. The van der Waals surface area contributed by atoms with Crippen LogP contribution in [0.2, 0.25) is 0 Å². The van der Waals surface area contributed by atoms with E-state index in [4.69, 9.17) is 10.5 Å². The average Bonchev–Trinajstić information content (AvgIpc) is 2.71. The van der Waals surface area contributed by atoms with Crippen LogP contribution < -0.4 is 16.0 Å². The number of aromatic nitrogens is 1. The van der Waals surface area contributed by atoms with Crippen LogP contribution in [0.25, 0.3) is 17.2 Å². The number of halogens is 1. The van der Waals surface area contributed by atoms with E-state index in [2.05, 4.69) is 20.9 Å².